The van der Waals surface area contributed by atoms with Crippen molar-refractivity contribution in [2.75, 3.05) is 30.8 Å². The molecule has 5 rings (SSSR count). The molecule has 4 heterocycles. The fraction of sp³-hybridized carbons (Fsp3) is 0.474. The molecule has 1 aliphatic carbocycles. The van der Waals surface area contributed by atoms with Crippen LogP contribution in [0.5, 0.6) is 6.01 Å². The van der Waals surface area contributed by atoms with Crippen LogP contribution in [0.4, 0.5) is 15.6 Å². The van der Waals surface area contributed by atoms with Crippen molar-refractivity contribution < 1.29 is 9.53 Å². The number of carbonyl (C=O) groups excluding carboxylic acids is 1. The lowest BCUT2D eigenvalue weighted by molar-refractivity contribution is 0.218. The van der Waals surface area contributed by atoms with Crippen LogP contribution in [0, 0.1) is 18.8 Å². The van der Waals surface area contributed by atoms with E-state index in [1.54, 1.807) is 0 Å². The Labute approximate surface area is 172 Å². The van der Waals surface area contributed by atoms with E-state index in [2.05, 4.69) is 42.9 Å². The van der Waals surface area contributed by atoms with Crippen molar-refractivity contribution in [1.82, 2.24) is 24.2 Å². The molecule has 3 atom stereocenters. The van der Waals surface area contributed by atoms with E-state index in [-0.39, 0.29) is 12.0 Å². The fourth-order valence-electron chi connectivity index (χ4n) is 4.60. The molecule has 0 unspecified atom stereocenters. The summed E-state index contributed by atoms with van der Waals surface area (Å²) in [5.74, 6) is 1.04. The highest BCUT2D eigenvalue weighted by molar-refractivity contribution is 7.10. The maximum absolute atomic E-state index is 12.6. The summed E-state index contributed by atoms with van der Waals surface area (Å²) in [6, 6.07) is 2.66. The lowest BCUT2D eigenvalue weighted by atomic mass is 10.0. The number of aryl methyl sites for hydroxylation is 1. The van der Waals surface area contributed by atoms with Gasteiger partial charge in [-0.15, -0.1) is 4.37 Å². The number of aromatic nitrogens is 4. The zero-order valence-electron chi connectivity index (χ0n) is 16.3. The van der Waals surface area contributed by atoms with Crippen molar-refractivity contribution in [2.45, 2.75) is 25.8 Å². The van der Waals surface area contributed by atoms with Crippen molar-refractivity contribution in [3.8, 4) is 6.01 Å². The van der Waals surface area contributed by atoms with Crippen molar-refractivity contribution in [3.05, 3.63) is 24.0 Å². The first-order valence-electron chi connectivity index (χ1n) is 9.73. The molecule has 10 heteroatoms. The largest absolute Gasteiger partial charge is 0.466 e. The quantitative estimate of drug-likeness (QED) is 0.607. The van der Waals surface area contributed by atoms with E-state index in [1.807, 2.05) is 17.3 Å². The topological polar surface area (TPSA) is 108 Å². The Morgan fingerprint density at radius 3 is 2.86 bits per heavy atom. The minimum Gasteiger partial charge on any atom is -0.466 e. The van der Waals surface area contributed by atoms with Crippen LogP contribution in [0.3, 0.4) is 0 Å². The zero-order chi connectivity index (χ0) is 20.0. The number of likely N-dealkylation sites (tertiary alicyclic amines) is 1. The summed E-state index contributed by atoms with van der Waals surface area (Å²) in [6.07, 6.45) is 5.96. The average Bonchev–Trinajstić information content (AvgIpc) is 3.46. The zero-order valence-corrected chi connectivity index (χ0v) is 17.1. The fourth-order valence-corrected chi connectivity index (χ4v) is 5.13. The maximum atomic E-state index is 12.6. The second-order valence-electron chi connectivity index (χ2n) is 7.81. The maximum Gasteiger partial charge on any atom is 0.329 e. The van der Waals surface area contributed by atoms with E-state index in [9.17, 15) is 4.79 Å². The van der Waals surface area contributed by atoms with Gasteiger partial charge in [-0.1, -0.05) is 0 Å². The number of pyridine rings is 1. The highest BCUT2D eigenvalue weighted by atomic mass is 32.1. The third-order valence-corrected chi connectivity index (χ3v) is 6.58. The van der Waals surface area contributed by atoms with E-state index in [0.29, 0.717) is 23.0 Å². The molecule has 0 bridgehead atoms. The smallest absolute Gasteiger partial charge is 0.329 e. The van der Waals surface area contributed by atoms with Gasteiger partial charge in [-0.05, 0) is 43.2 Å². The van der Waals surface area contributed by atoms with E-state index in [0.717, 1.165) is 54.1 Å². The Balaban J connectivity index is 1.20. The van der Waals surface area contributed by atoms with Crippen molar-refractivity contribution in [3.63, 3.8) is 0 Å². The molecule has 0 aromatic carbocycles. The molecule has 0 spiro atoms. The van der Waals surface area contributed by atoms with Crippen LogP contribution in [-0.4, -0.2) is 56.5 Å². The number of aromatic amines is 1. The van der Waals surface area contributed by atoms with Gasteiger partial charge >= 0.3 is 12.0 Å². The summed E-state index contributed by atoms with van der Waals surface area (Å²) < 4.78 is 8.97. The number of hydrogen-bond acceptors (Lipinski definition) is 7. The van der Waals surface area contributed by atoms with E-state index >= 15 is 0 Å². The van der Waals surface area contributed by atoms with Crippen molar-refractivity contribution >= 4 is 39.4 Å². The molecule has 3 aromatic heterocycles. The van der Waals surface area contributed by atoms with Gasteiger partial charge in [0.1, 0.15) is 5.65 Å². The number of amides is 2. The Morgan fingerprint density at radius 1 is 1.34 bits per heavy atom. The summed E-state index contributed by atoms with van der Waals surface area (Å²) in [7, 11) is 1.51. The molecule has 1 saturated heterocycles. The highest BCUT2D eigenvalue weighted by Gasteiger charge is 2.42. The van der Waals surface area contributed by atoms with Crippen LogP contribution >= 0.6 is 11.5 Å². The van der Waals surface area contributed by atoms with Gasteiger partial charge in [0.15, 0.2) is 0 Å². The molecular weight excluding hydrogens is 390 g/mol. The Kier molecular flexibility index (Phi) is 4.50. The molecule has 3 aromatic rings. The molecule has 9 nitrogen and oxygen atoms in total. The van der Waals surface area contributed by atoms with Gasteiger partial charge < -0.3 is 19.9 Å². The lowest BCUT2D eigenvalue weighted by Gasteiger charge is -2.21. The van der Waals surface area contributed by atoms with Crippen LogP contribution in [0.25, 0.3) is 11.0 Å². The molecule has 2 aliphatic rings. The third-order valence-electron chi connectivity index (χ3n) is 5.97. The molecule has 152 valence electrons. The van der Waals surface area contributed by atoms with Gasteiger partial charge in [0.2, 0.25) is 5.13 Å². The number of ether oxygens (including phenoxy) is 1. The molecule has 29 heavy (non-hydrogen) atoms. The molecule has 1 aliphatic heterocycles. The number of methoxy groups -OCH3 is 1. The van der Waals surface area contributed by atoms with Gasteiger partial charge in [-0.3, -0.25) is 5.32 Å². The number of hydrogen-bond donors (Lipinski definition) is 3. The first-order valence-corrected chi connectivity index (χ1v) is 10.5. The van der Waals surface area contributed by atoms with Crippen LogP contribution < -0.4 is 15.4 Å². The number of anilines is 2. The van der Waals surface area contributed by atoms with Crippen LogP contribution in [-0.2, 0) is 0 Å². The Morgan fingerprint density at radius 2 is 2.14 bits per heavy atom. The van der Waals surface area contributed by atoms with Crippen LogP contribution in [0.15, 0.2) is 18.5 Å². The lowest BCUT2D eigenvalue weighted by Crippen LogP contribution is -2.34. The van der Waals surface area contributed by atoms with E-state index in [4.69, 9.17) is 4.74 Å². The number of H-pyrrole nitrogens is 1. The van der Waals surface area contributed by atoms with Crippen molar-refractivity contribution in [2.24, 2.45) is 11.8 Å². The second kappa shape index (κ2) is 7.18. The van der Waals surface area contributed by atoms with Gasteiger partial charge in [0.25, 0.3) is 0 Å². The molecule has 3 N–H and O–H groups in total. The first-order chi connectivity index (χ1) is 14.1. The number of fused-ring (bicyclic) bond motifs is 2. The predicted molar refractivity (Wildman–Crippen MR) is 112 cm³/mol. The Bertz CT molecular complexity index is 1030. The molecule has 0 radical (unpaired) electrons. The summed E-state index contributed by atoms with van der Waals surface area (Å²) >= 11 is 1.12. The number of nitrogens with one attached hydrogen (secondary N) is 3. The number of carbonyl (C=O) groups is 1. The molecule has 1 saturated carbocycles. The molecular formula is C19H23N7O2S. The van der Waals surface area contributed by atoms with E-state index < -0.39 is 0 Å². The predicted octanol–water partition coefficient (Wildman–Crippen LogP) is 3.09. The number of rotatable bonds is 4. The minimum atomic E-state index is -0.110. The molecule has 2 amide bonds. The van der Waals surface area contributed by atoms with E-state index in [1.165, 1.54) is 12.8 Å². The van der Waals surface area contributed by atoms with Crippen molar-refractivity contribution in [1.29, 1.82) is 0 Å². The third kappa shape index (κ3) is 3.37. The minimum absolute atomic E-state index is 0.110. The summed E-state index contributed by atoms with van der Waals surface area (Å²) in [4.78, 5) is 26.2. The number of urea groups is 1. The SMILES string of the molecule is COc1nsc(NC(=O)N2C[C@H]3C[C@@H](Nc4c(C)cnc5[nH]ccc45)C[C@H]3C2)n1. The summed E-state index contributed by atoms with van der Waals surface area (Å²) in [6.45, 7) is 3.64. The highest BCUT2D eigenvalue weighted by Crippen LogP contribution is 2.40. The Hall–Kier alpha value is -2.88. The average molecular weight is 414 g/mol. The monoisotopic (exact) mass is 413 g/mol. The normalized spacial score (nSPS) is 23.4. The standard InChI is InChI=1S/C19H23N7O2S/c1-10-7-21-16-14(3-4-20-16)15(10)22-13-5-11-8-26(9-12(11)6-13)19(27)24-18-23-17(28-2)25-29-18/h3-4,7,11-13H,5-6,8-9H2,1-2H3,(H2,20,21,22)(H,23,24,25,27)/t11-,12+,13-. The van der Waals surface area contributed by atoms with Gasteiger partial charge in [0, 0.05) is 54.1 Å². The summed E-state index contributed by atoms with van der Waals surface area (Å²) in [5, 5.41) is 8.18. The van der Waals surface area contributed by atoms with Gasteiger partial charge in [-0.2, -0.15) is 4.98 Å². The van der Waals surface area contributed by atoms with Crippen LogP contribution in [0.2, 0.25) is 0 Å². The number of nitrogens with zero attached hydrogens (tertiary/aromatic N) is 4. The van der Waals surface area contributed by atoms with Gasteiger partial charge in [0.05, 0.1) is 7.11 Å². The van der Waals surface area contributed by atoms with Crippen LogP contribution in [0.1, 0.15) is 18.4 Å². The first kappa shape index (κ1) is 18.2. The van der Waals surface area contributed by atoms with Gasteiger partial charge in [-0.25, -0.2) is 9.78 Å². The second-order valence-corrected chi connectivity index (χ2v) is 8.56. The molecule has 2 fully saturated rings. The summed E-state index contributed by atoms with van der Waals surface area (Å²) in [5.41, 5.74) is 3.23.